The van der Waals surface area contributed by atoms with Gasteiger partial charge in [-0.3, -0.25) is 0 Å². The number of fused-ring (bicyclic) bond motifs is 6. The Labute approximate surface area is 140 Å². The minimum absolute atomic E-state index is 0.0183. The molecule has 4 aliphatic carbocycles. The fourth-order valence-electron chi connectivity index (χ4n) is 4.93. The number of alkyl halides is 4. The van der Waals surface area contributed by atoms with Crippen LogP contribution in [0.5, 0.6) is 0 Å². The molecule has 7 atom stereocenters. The number of epoxide rings is 1. The van der Waals surface area contributed by atoms with Gasteiger partial charge >= 0.3 is 0 Å². The van der Waals surface area contributed by atoms with E-state index in [1.165, 1.54) is 0 Å². The Morgan fingerprint density at radius 3 is 2.26 bits per heavy atom. The van der Waals surface area contributed by atoms with Gasteiger partial charge in [-0.1, -0.05) is 46.4 Å². The summed E-state index contributed by atoms with van der Waals surface area (Å²) in [5.74, 6) is 0.407. The summed E-state index contributed by atoms with van der Waals surface area (Å²) < 4.78 is 4.44. The van der Waals surface area contributed by atoms with E-state index in [4.69, 9.17) is 74.3 Å². The molecule has 0 radical (unpaired) electrons. The lowest BCUT2D eigenvalue weighted by atomic mass is 9.72. The van der Waals surface area contributed by atoms with E-state index in [-0.39, 0.29) is 23.5 Å². The molecule has 1 spiro atoms. The Morgan fingerprint density at radius 1 is 0.947 bits per heavy atom. The molecule has 7 heteroatoms. The molecule has 0 aromatic carbocycles. The van der Waals surface area contributed by atoms with Crippen LogP contribution in [-0.4, -0.2) is 25.8 Å². The van der Waals surface area contributed by atoms with Crippen molar-refractivity contribution in [3.05, 3.63) is 10.1 Å². The van der Waals surface area contributed by atoms with Crippen LogP contribution in [0.2, 0.25) is 0 Å². The van der Waals surface area contributed by atoms with Crippen molar-refractivity contribution in [2.45, 2.75) is 38.6 Å². The van der Waals surface area contributed by atoms with Crippen molar-refractivity contribution >= 4 is 69.6 Å². The first-order valence-electron chi connectivity index (χ1n) is 6.22. The first-order chi connectivity index (χ1) is 8.73. The maximum Gasteiger partial charge on any atom is 0.166 e. The molecule has 19 heavy (non-hydrogen) atoms. The van der Waals surface area contributed by atoms with Crippen molar-refractivity contribution in [3.8, 4) is 0 Å². The standard InChI is InChI=1S/C12H8Cl6O/c13-7-8(14)11(16)6-3(10(7,15)12(11,17)18)1-5-9(19-5)2-4(6)9/h3-6H,1-2H2. The van der Waals surface area contributed by atoms with Crippen LogP contribution in [0.15, 0.2) is 10.1 Å². The Kier molecular flexibility index (Phi) is 2.09. The van der Waals surface area contributed by atoms with Crippen molar-refractivity contribution < 1.29 is 4.74 Å². The second-order valence-electron chi connectivity index (χ2n) is 6.37. The average Bonchev–Trinajstić information content (AvgIpc) is 3.20. The summed E-state index contributed by atoms with van der Waals surface area (Å²) in [6, 6.07) is 0. The molecule has 0 aromatic rings. The van der Waals surface area contributed by atoms with Crippen LogP contribution in [0.1, 0.15) is 12.8 Å². The number of hydrogen-bond acceptors (Lipinski definition) is 1. The van der Waals surface area contributed by atoms with Gasteiger partial charge in [-0.2, -0.15) is 0 Å². The molecule has 5 rings (SSSR count). The second kappa shape index (κ2) is 3.07. The number of rotatable bonds is 0. The largest absolute Gasteiger partial charge is 0.366 e. The van der Waals surface area contributed by atoms with Gasteiger partial charge in [0.25, 0.3) is 0 Å². The molecule has 1 aliphatic heterocycles. The van der Waals surface area contributed by atoms with Crippen LogP contribution >= 0.6 is 69.6 Å². The van der Waals surface area contributed by atoms with Gasteiger partial charge in [0.1, 0.15) is 9.75 Å². The SMILES string of the molecule is ClC1=C(Cl)C2(Cl)C3C4CC45OC5CC3C1(Cl)C2(Cl)Cl. The van der Waals surface area contributed by atoms with Gasteiger partial charge in [0.15, 0.2) is 4.33 Å². The minimum Gasteiger partial charge on any atom is -0.366 e. The van der Waals surface area contributed by atoms with Crippen LogP contribution in [0, 0.1) is 17.8 Å². The molecular formula is C12H8Cl6O. The predicted molar refractivity (Wildman–Crippen MR) is 77.6 cm³/mol. The lowest BCUT2D eigenvalue weighted by molar-refractivity contribution is 0.245. The third kappa shape index (κ3) is 0.986. The van der Waals surface area contributed by atoms with Crippen LogP contribution < -0.4 is 0 Å². The Hall–Kier alpha value is 1.44. The number of halogens is 6. The lowest BCUT2D eigenvalue weighted by Crippen LogP contribution is -2.44. The fraction of sp³-hybridized carbons (Fsp3) is 0.833. The maximum absolute atomic E-state index is 6.82. The van der Waals surface area contributed by atoms with E-state index in [0.717, 1.165) is 12.8 Å². The molecule has 5 aliphatic rings. The number of ether oxygens (including phenoxy) is 1. The third-order valence-corrected chi connectivity index (χ3v) is 10.2. The first-order valence-corrected chi connectivity index (χ1v) is 8.49. The molecule has 2 bridgehead atoms. The van der Waals surface area contributed by atoms with Crippen LogP contribution in [0.25, 0.3) is 0 Å². The zero-order chi connectivity index (χ0) is 13.6. The van der Waals surface area contributed by atoms with Crippen molar-refractivity contribution in [3.63, 3.8) is 0 Å². The van der Waals surface area contributed by atoms with Gasteiger partial charge in [-0.15, -0.1) is 23.2 Å². The van der Waals surface area contributed by atoms with Crippen molar-refractivity contribution in [1.29, 1.82) is 0 Å². The molecule has 104 valence electrons. The molecule has 0 aromatic heterocycles. The van der Waals surface area contributed by atoms with Gasteiger partial charge in [0, 0.05) is 0 Å². The van der Waals surface area contributed by atoms with Gasteiger partial charge in [-0.25, -0.2) is 0 Å². The van der Waals surface area contributed by atoms with Gasteiger partial charge in [-0.05, 0) is 30.6 Å². The van der Waals surface area contributed by atoms with E-state index in [1.54, 1.807) is 0 Å². The molecule has 1 nitrogen and oxygen atoms in total. The molecule has 1 heterocycles. The number of hydrogen-bond donors (Lipinski definition) is 0. The summed E-state index contributed by atoms with van der Waals surface area (Å²) in [6.07, 6.45) is 2.08. The summed E-state index contributed by atoms with van der Waals surface area (Å²) in [6.45, 7) is 0. The smallest absolute Gasteiger partial charge is 0.166 e. The summed E-state index contributed by atoms with van der Waals surface area (Å²) in [5, 5.41) is 0.629. The average molecular weight is 381 g/mol. The van der Waals surface area contributed by atoms with E-state index in [2.05, 4.69) is 0 Å². The second-order valence-corrected chi connectivity index (χ2v) is 9.64. The van der Waals surface area contributed by atoms with E-state index in [0.29, 0.717) is 16.0 Å². The third-order valence-electron chi connectivity index (χ3n) is 5.91. The van der Waals surface area contributed by atoms with Crippen molar-refractivity contribution in [2.24, 2.45) is 17.8 Å². The first kappa shape index (κ1) is 12.9. The molecule has 0 N–H and O–H groups in total. The zero-order valence-electron chi connectivity index (χ0n) is 9.40. The zero-order valence-corrected chi connectivity index (χ0v) is 13.9. The summed E-state index contributed by atoms with van der Waals surface area (Å²) in [5.41, 5.74) is 0.0221. The summed E-state index contributed by atoms with van der Waals surface area (Å²) in [7, 11) is 0. The van der Waals surface area contributed by atoms with Crippen LogP contribution in [0.4, 0.5) is 0 Å². The fourth-order valence-corrected chi connectivity index (χ4v) is 8.05. The lowest BCUT2D eigenvalue weighted by Gasteiger charge is -2.38. The molecule has 4 fully saturated rings. The van der Waals surface area contributed by atoms with Crippen LogP contribution in [0.3, 0.4) is 0 Å². The summed E-state index contributed by atoms with van der Waals surface area (Å²) in [4.78, 5) is -2.19. The van der Waals surface area contributed by atoms with Gasteiger partial charge in [0.2, 0.25) is 0 Å². The van der Waals surface area contributed by atoms with Crippen LogP contribution in [-0.2, 0) is 4.74 Å². The van der Waals surface area contributed by atoms with E-state index in [1.807, 2.05) is 0 Å². The topological polar surface area (TPSA) is 12.5 Å². The highest BCUT2D eigenvalue weighted by Crippen LogP contribution is 2.85. The maximum atomic E-state index is 6.82. The normalized spacial score (nSPS) is 66.6. The summed E-state index contributed by atoms with van der Waals surface area (Å²) >= 11 is 39.4. The molecule has 3 saturated carbocycles. The molecule has 1 saturated heterocycles. The Bertz CT molecular complexity index is 575. The molecule has 0 amide bonds. The predicted octanol–water partition coefficient (Wildman–Crippen LogP) is 4.63. The van der Waals surface area contributed by atoms with E-state index in [9.17, 15) is 0 Å². The van der Waals surface area contributed by atoms with Gasteiger partial charge < -0.3 is 4.74 Å². The number of allylic oxidation sites excluding steroid dienone is 2. The highest BCUT2D eigenvalue weighted by molar-refractivity contribution is 6.65. The van der Waals surface area contributed by atoms with Crippen molar-refractivity contribution in [1.82, 2.24) is 0 Å². The van der Waals surface area contributed by atoms with Gasteiger partial charge in [0.05, 0.1) is 21.8 Å². The minimum atomic E-state index is -1.38. The molecule has 7 unspecified atom stereocenters. The Morgan fingerprint density at radius 2 is 1.58 bits per heavy atom. The highest BCUT2D eigenvalue weighted by Gasteiger charge is 2.91. The Balaban J connectivity index is 1.78. The molecular weight excluding hydrogens is 373 g/mol. The van der Waals surface area contributed by atoms with E-state index < -0.39 is 14.1 Å². The van der Waals surface area contributed by atoms with Crippen molar-refractivity contribution in [2.75, 3.05) is 0 Å². The highest BCUT2D eigenvalue weighted by atomic mass is 35.5. The quantitative estimate of drug-likeness (QED) is 0.441. The van der Waals surface area contributed by atoms with E-state index >= 15 is 0 Å². The monoisotopic (exact) mass is 378 g/mol.